The molecule has 0 bridgehead atoms. The summed E-state index contributed by atoms with van der Waals surface area (Å²) in [6.07, 6.45) is 1.29. The Morgan fingerprint density at radius 3 is 2.39 bits per heavy atom. The number of sulfone groups is 1. The molecule has 1 aromatic heterocycles. The van der Waals surface area contributed by atoms with Crippen molar-refractivity contribution in [1.82, 2.24) is 9.88 Å². The number of benzene rings is 1. The van der Waals surface area contributed by atoms with E-state index in [1.165, 1.54) is 15.7 Å². The van der Waals surface area contributed by atoms with Crippen LogP contribution in [0.15, 0.2) is 64.6 Å². The fourth-order valence-corrected chi connectivity index (χ4v) is 5.90. The van der Waals surface area contributed by atoms with Crippen molar-refractivity contribution >= 4 is 37.8 Å². The molecule has 6 nitrogen and oxygen atoms in total. The Kier molecular flexibility index (Phi) is 8.65. The number of nitrogens with zero attached hydrogens (tertiary/aromatic N) is 2. The van der Waals surface area contributed by atoms with Crippen LogP contribution in [0.1, 0.15) is 27.2 Å². The van der Waals surface area contributed by atoms with E-state index < -0.39 is 21.3 Å². The van der Waals surface area contributed by atoms with Crippen molar-refractivity contribution in [2.45, 2.75) is 42.5 Å². The lowest BCUT2D eigenvalue weighted by molar-refractivity contribution is 0.152. The zero-order valence-electron chi connectivity index (χ0n) is 16.0. The number of hydrogen-bond donors (Lipinski definition) is 0. The van der Waals surface area contributed by atoms with Crippen molar-refractivity contribution in [1.29, 1.82) is 0 Å². The van der Waals surface area contributed by atoms with E-state index in [2.05, 4.69) is 4.98 Å². The topological polar surface area (TPSA) is 76.6 Å². The monoisotopic (exact) mass is 440 g/mol. The molecule has 28 heavy (non-hydrogen) atoms. The molecule has 1 unspecified atom stereocenters. The van der Waals surface area contributed by atoms with Gasteiger partial charge in [-0.1, -0.05) is 38.1 Å². The first-order chi connectivity index (χ1) is 13.4. The van der Waals surface area contributed by atoms with Gasteiger partial charge in [-0.05, 0) is 43.5 Å². The molecule has 152 valence electrons. The van der Waals surface area contributed by atoms with Gasteiger partial charge >= 0.3 is 6.09 Å². The molecule has 0 aliphatic rings. The molecule has 1 amide bonds. The number of amides is 1. The first kappa shape index (κ1) is 22.6. The van der Waals surface area contributed by atoms with E-state index in [0.29, 0.717) is 11.4 Å². The van der Waals surface area contributed by atoms with E-state index in [-0.39, 0.29) is 17.4 Å². The van der Waals surface area contributed by atoms with Crippen LogP contribution < -0.4 is 0 Å². The first-order valence-electron chi connectivity index (χ1n) is 8.88. The minimum absolute atomic E-state index is 0.0842. The van der Waals surface area contributed by atoms with Crippen LogP contribution in [-0.2, 0) is 14.0 Å². The summed E-state index contributed by atoms with van der Waals surface area (Å²) >= 11 is 0.869. The second-order valence-corrected chi connectivity index (χ2v) is 10.3. The Labute approximate surface area is 174 Å². The van der Waals surface area contributed by atoms with Crippen LogP contribution in [0.3, 0.4) is 0 Å². The predicted octanol–water partition coefficient (Wildman–Crippen LogP) is 5.04. The van der Waals surface area contributed by atoms with Crippen molar-refractivity contribution < 1.29 is 17.4 Å². The molecule has 1 heterocycles. The summed E-state index contributed by atoms with van der Waals surface area (Å²) in [4.78, 5) is 18.3. The molecule has 2 rings (SSSR count). The van der Waals surface area contributed by atoms with Gasteiger partial charge in [-0.3, -0.25) is 4.90 Å². The van der Waals surface area contributed by atoms with E-state index in [1.807, 2.05) is 19.9 Å². The molecule has 0 fully saturated rings. The molecular weight excluding hydrogens is 416 g/mol. The maximum absolute atomic E-state index is 13.2. The highest BCUT2D eigenvalue weighted by molar-refractivity contribution is 8.75. The maximum atomic E-state index is 13.2. The number of pyridine rings is 1. The summed E-state index contributed by atoms with van der Waals surface area (Å²) in [5, 5.41) is -0.299. The van der Waals surface area contributed by atoms with Gasteiger partial charge in [0.2, 0.25) is 0 Å². The molecule has 0 aliphatic heterocycles. The number of carbonyl (C=O) groups is 1. The molecular formula is C19H24N2O4S3. The molecule has 2 aromatic rings. The molecule has 1 atom stereocenters. The molecule has 9 heteroatoms. The summed E-state index contributed by atoms with van der Waals surface area (Å²) in [5.74, 6) is 0.0842. The van der Waals surface area contributed by atoms with E-state index in [4.69, 9.17) is 4.18 Å². The largest absolute Gasteiger partial charge is 0.423 e. The summed E-state index contributed by atoms with van der Waals surface area (Å²) in [6.45, 7) is 5.82. The van der Waals surface area contributed by atoms with Gasteiger partial charge in [-0.15, -0.1) is 0 Å². The van der Waals surface area contributed by atoms with Crippen LogP contribution in [-0.4, -0.2) is 36.3 Å². The van der Waals surface area contributed by atoms with Crippen molar-refractivity contribution in [2.24, 2.45) is 5.92 Å². The van der Waals surface area contributed by atoms with Crippen molar-refractivity contribution in [3.63, 3.8) is 0 Å². The Morgan fingerprint density at radius 2 is 1.82 bits per heavy atom. The van der Waals surface area contributed by atoms with Crippen molar-refractivity contribution in [2.75, 3.05) is 6.54 Å². The fourth-order valence-electron chi connectivity index (χ4n) is 2.57. The third-order valence-corrected chi connectivity index (χ3v) is 7.59. The van der Waals surface area contributed by atoms with Gasteiger partial charge in [0.25, 0.3) is 0 Å². The average molecular weight is 441 g/mol. The lowest BCUT2D eigenvalue weighted by Crippen LogP contribution is -2.45. The van der Waals surface area contributed by atoms with Crippen LogP contribution in [0.4, 0.5) is 4.79 Å². The zero-order chi connectivity index (χ0) is 20.6. The molecule has 1 aromatic carbocycles. The third-order valence-electron chi connectivity index (χ3n) is 3.89. The van der Waals surface area contributed by atoms with E-state index in [1.54, 1.807) is 55.6 Å². The van der Waals surface area contributed by atoms with Gasteiger partial charge in [0.1, 0.15) is 21.5 Å². The Hall–Kier alpha value is -1.71. The molecule has 0 saturated carbocycles. The minimum Gasteiger partial charge on any atom is -0.363 e. The SMILES string of the molecule is CCN(C(=O)OSSc1ccccn1)C(CC(C)C)S(=O)(=O)c1ccccc1. The van der Waals surface area contributed by atoms with E-state index >= 15 is 0 Å². The quantitative estimate of drug-likeness (QED) is 0.399. The van der Waals surface area contributed by atoms with Gasteiger partial charge in [0, 0.05) is 23.5 Å². The van der Waals surface area contributed by atoms with Gasteiger partial charge in [0.15, 0.2) is 9.84 Å². The lowest BCUT2D eigenvalue weighted by atomic mass is 10.1. The van der Waals surface area contributed by atoms with Crippen LogP contribution >= 0.6 is 21.9 Å². The second-order valence-electron chi connectivity index (χ2n) is 6.40. The summed E-state index contributed by atoms with van der Waals surface area (Å²) < 4.78 is 31.6. The highest BCUT2D eigenvalue weighted by Gasteiger charge is 2.36. The number of aromatic nitrogens is 1. The number of hydrogen-bond acceptors (Lipinski definition) is 7. The van der Waals surface area contributed by atoms with Gasteiger partial charge in [-0.2, -0.15) is 0 Å². The predicted molar refractivity (Wildman–Crippen MR) is 113 cm³/mol. The molecule has 0 radical (unpaired) electrons. The average Bonchev–Trinajstić information content (AvgIpc) is 2.69. The van der Waals surface area contributed by atoms with Crippen LogP contribution in [0.5, 0.6) is 0 Å². The normalized spacial score (nSPS) is 12.6. The van der Waals surface area contributed by atoms with Crippen LogP contribution in [0.25, 0.3) is 0 Å². The molecule has 0 saturated heterocycles. The fraction of sp³-hybridized carbons (Fsp3) is 0.368. The van der Waals surface area contributed by atoms with Gasteiger partial charge in [0.05, 0.1) is 4.90 Å². The second kappa shape index (κ2) is 10.7. The van der Waals surface area contributed by atoms with Gasteiger partial charge in [-0.25, -0.2) is 18.2 Å². The number of carbonyl (C=O) groups excluding carboxylic acids is 1. The zero-order valence-corrected chi connectivity index (χ0v) is 18.5. The van der Waals surface area contributed by atoms with Gasteiger partial charge < -0.3 is 4.18 Å². The van der Waals surface area contributed by atoms with Crippen LogP contribution in [0.2, 0.25) is 0 Å². The standard InChI is InChI=1S/C19H24N2O4S3/c1-4-21(19(22)25-27-26-17-12-8-9-13-20-17)18(14-15(2)3)28(23,24)16-10-6-5-7-11-16/h5-13,15,18H,4,14H2,1-3H3. The highest BCUT2D eigenvalue weighted by Crippen LogP contribution is 2.32. The van der Waals surface area contributed by atoms with Crippen molar-refractivity contribution in [3.05, 3.63) is 54.7 Å². The molecule has 0 spiro atoms. The maximum Gasteiger partial charge on any atom is 0.423 e. The Balaban J connectivity index is 2.16. The van der Waals surface area contributed by atoms with E-state index in [0.717, 1.165) is 11.1 Å². The summed E-state index contributed by atoms with van der Waals surface area (Å²) in [5.41, 5.74) is 0. The van der Waals surface area contributed by atoms with E-state index in [9.17, 15) is 13.2 Å². The van der Waals surface area contributed by atoms with Crippen LogP contribution in [0, 0.1) is 5.92 Å². The first-order valence-corrected chi connectivity index (χ1v) is 12.5. The minimum atomic E-state index is -3.73. The lowest BCUT2D eigenvalue weighted by Gasteiger charge is -2.30. The molecule has 0 N–H and O–H groups in total. The smallest absolute Gasteiger partial charge is 0.363 e. The highest BCUT2D eigenvalue weighted by atomic mass is 33.1. The molecule has 0 aliphatic carbocycles. The Bertz CT molecular complexity index is 846. The Morgan fingerprint density at radius 1 is 1.14 bits per heavy atom. The third kappa shape index (κ3) is 6.15. The number of rotatable bonds is 9. The van der Waals surface area contributed by atoms with Crippen molar-refractivity contribution in [3.8, 4) is 0 Å². The summed E-state index contributed by atoms with van der Waals surface area (Å²) in [7, 11) is -2.54. The summed E-state index contributed by atoms with van der Waals surface area (Å²) in [6, 6.07) is 13.6.